The molecule has 1 fully saturated rings. The predicted octanol–water partition coefficient (Wildman–Crippen LogP) is 2.88. The van der Waals surface area contributed by atoms with Crippen molar-refractivity contribution >= 4 is 5.91 Å². The van der Waals surface area contributed by atoms with Gasteiger partial charge in [0.15, 0.2) is 0 Å². The highest BCUT2D eigenvalue weighted by atomic mass is 19.4. The minimum Gasteiger partial charge on any atom is -0.343 e. The lowest BCUT2D eigenvalue weighted by Gasteiger charge is -2.33. The fraction of sp³-hybridized carbons (Fsp3) is 0.533. The average molecular weight is 300 g/mol. The topological polar surface area (TPSA) is 46.3 Å². The van der Waals surface area contributed by atoms with E-state index in [0.29, 0.717) is 0 Å². The predicted molar refractivity (Wildman–Crippen MR) is 73.3 cm³/mol. The van der Waals surface area contributed by atoms with Crippen LogP contribution in [0.5, 0.6) is 0 Å². The normalized spacial score (nSPS) is 18.6. The molecule has 1 aromatic carbocycles. The molecule has 2 rings (SSSR count). The first-order chi connectivity index (χ1) is 9.88. The first kappa shape index (κ1) is 15.8. The molecule has 2 N–H and O–H groups in total. The molecule has 1 aliphatic heterocycles. The number of carbonyl (C=O) groups is 1. The number of nitrogens with two attached hydrogens (primary N) is 1. The smallest absolute Gasteiger partial charge is 0.343 e. The molecule has 0 radical (unpaired) electrons. The van der Waals surface area contributed by atoms with E-state index in [0.717, 1.165) is 5.56 Å². The van der Waals surface area contributed by atoms with Crippen LogP contribution < -0.4 is 5.73 Å². The van der Waals surface area contributed by atoms with Crippen molar-refractivity contribution in [1.82, 2.24) is 4.90 Å². The van der Waals surface area contributed by atoms with Gasteiger partial charge in [-0.25, -0.2) is 0 Å². The summed E-state index contributed by atoms with van der Waals surface area (Å²) in [6.45, 7) is 0.315. The maximum absolute atomic E-state index is 12.6. The van der Waals surface area contributed by atoms with Crippen LogP contribution in [0.1, 0.15) is 30.9 Å². The standard InChI is InChI=1S/C15H19F3N2O/c16-15(17,18)12-6-8-20(9-7-12)14(21)10-13(19)11-4-2-1-3-5-11/h1-5,12-13H,6-10,19H2/t13-/m0/s1. The first-order valence-electron chi connectivity index (χ1n) is 7.03. The summed E-state index contributed by atoms with van der Waals surface area (Å²) < 4.78 is 37.7. The summed E-state index contributed by atoms with van der Waals surface area (Å²) in [6, 6.07) is 8.81. The molecule has 3 nitrogen and oxygen atoms in total. The molecule has 1 aliphatic rings. The van der Waals surface area contributed by atoms with Gasteiger partial charge in [-0.3, -0.25) is 4.79 Å². The summed E-state index contributed by atoms with van der Waals surface area (Å²) in [5.74, 6) is -1.46. The summed E-state index contributed by atoms with van der Waals surface area (Å²) in [4.78, 5) is 13.6. The average Bonchev–Trinajstić information content (AvgIpc) is 2.47. The number of benzene rings is 1. The molecule has 1 aromatic rings. The number of hydrogen-bond acceptors (Lipinski definition) is 2. The number of nitrogens with zero attached hydrogens (tertiary/aromatic N) is 1. The SMILES string of the molecule is N[C@@H](CC(=O)N1CCC(C(F)(F)F)CC1)c1ccccc1. The highest BCUT2D eigenvalue weighted by molar-refractivity contribution is 5.77. The van der Waals surface area contributed by atoms with Gasteiger partial charge in [-0.05, 0) is 18.4 Å². The summed E-state index contributed by atoms with van der Waals surface area (Å²) in [6.07, 6.45) is -4.07. The molecule has 1 heterocycles. The lowest BCUT2D eigenvalue weighted by atomic mass is 9.95. The van der Waals surface area contributed by atoms with Gasteiger partial charge in [0.2, 0.25) is 5.91 Å². The Morgan fingerprint density at radius 1 is 1.24 bits per heavy atom. The van der Waals surface area contributed by atoms with Gasteiger partial charge >= 0.3 is 6.18 Å². The van der Waals surface area contributed by atoms with Crippen molar-refractivity contribution in [3.8, 4) is 0 Å². The fourth-order valence-electron chi connectivity index (χ4n) is 2.59. The summed E-state index contributed by atoms with van der Waals surface area (Å²) in [5, 5.41) is 0. The van der Waals surface area contributed by atoms with E-state index in [-0.39, 0.29) is 38.3 Å². The number of halogens is 3. The van der Waals surface area contributed by atoms with Gasteiger partial charge in [0.25, 0.3) is 0 Å². The Morgan fingerprint density at radius 3 is 2.33 bits per heavy atom. The van der Waals surface area contributed by atoms with E-state index in [1.54, 1.807) is 0 Å². The van der Waals surface area contributed by atoms with E-state index in [1.807, 2.05) is 30.3 Å². The Labute approximate surface area is 121 Å². The van der Waals surface area contributed by atoms with Gasteiger partial charge in [0.05, 0.1) is 5.92 Å². The molecular weight excluding hydrogens is 281 g/mol. The molecule has 1 atom stereocenters. The molecule has 0 saturated carbocycles. The van der Waals surface area contributed by atoms with Crippen LogP contribution in [-0.2, 0) is 4.79 Å². The molecule has 0 bridgehead atoms. The Bertz CT molecular complexity index is 468. The van der Waals surface area contributed by atoms with Crippen molar-refractivity contribution in [1.29, 1.82) is 0 Å². The Hall–Kier alpha value is -1.56. The molecular formula is C15H19F3N2O. The molecule has 21 heavy (non-hydrogen) atoms. The number of carbonyl (C=O) groups excluding carboxylic acids is 1. The number of likely N-dealkylation sites (tertiary alicyclic amines) is 1. The van der Waals surface area contributed by atoms with Gasteiger partial charge in [-0.1, -0.05) is 30.3 Å². The monoisotopic (exact) mass is 300 g/mol. The van der Waals surface area contributed by atoms with E-state index >= 15 is 0 Å². The number of piperidine rings is 1. The molecule has 0 unspecified atom stereocenters. The van der Waals surface area contributed by atoms with Gasteiger partial charge < -0.3 is 10.6 Å². The number of hydrogen-bond donors (Lipinski definition) is 1. The van der Waals surface area contributed by atoms with E-state index in [9.17, 15) is 18.0 Å². The maximum Gasteiger partial charge on any atom is 0.391 e. The Kier molecular flexibility index (Phi) is 4.88. The van der Waals surface area contributed by atoms with Crippen LogP contribution in [-0.4, -0.2) is 30.1 Å². The third-order valence-corrected chi connectivity index (χ3v) is 3.93. The molecule has 116 valence electrons. The Morgan fingerprint density at radius 2 is 1.81 bits per heavy atom. The third kappa shape index (κ3) is 4.20. The van der Waals surface area contributed by atoms with Crippen molar-refractivity contribution in [3.63, 3.8) is 0 Å². The van der Waals surface area contributed by atoms with Crippen LogP contribution in [0.2, 0.25) is 0 Å². The van der Waals surface area contributed by atoms with E-state index in [1.165, 1.54) is 4.90 Å². The molecule has 1 saturated heterocycles. The van der Waals surface area contributed by atoms with Gasteiger partial charge in [-0.2, -0.15) is 13.2 Å². The molecule has 0 spiro atoms. The minimum atomic E-state index is -4.16. The maximum atomic E-state index is 12.6. The van der Waals surface area contributed by atoms with Crippen LogP contribution in [0, 0.1) is 5.92 Å². The van der Waals surface area contributed by atoms with Gasteiger partial charge in [-0.15, -0.1) is 0 Å². The largest absolute Gasteiger partial charge is 0.391 e. The molecule has 0 aromatic heterocycles. The number of rotatable bonds is 3. The molecule has 1 amide bonds. The first-order valence-corrected chi connectivity index (χ1v) is 7.03. The lowest BCUT2D eigenvalue weighted by Crippen LogP contribution is -2.42. The second-order valence-corrected chi connectivity index (χ2v) is 5.42. The van der Waals surface area contributed by atoms with E-state index in [2.05, 4.69) is 0 Å². The van der Waals surface area contributed by atoms with Crippen molar-refractivity contribution in [3.05, 3.63) is 35.9 Å². The van der Waals surface area contributed by atoms with Gasteiger partial charge in [0.1, 0.15) is 0 Å². The summed E-state index contributed by atoms with van der Waals surface area (Å²) in [5.41, 5.74) is 6.83. The highest BCUT2D eigenvalue weighted by Gasteiger charge is 2.41. The zero-order valence-corrected chi connectivity index (χ0v) is 11.6. The van der Waals surface area contributed by atoms with Crippen LogP contribution in [0.3, 0.4) is 0 Å². The third-order valence-electron chi connectivity index (χ3n) is 3.93. The van der Waals surface area contributed by atoms with Crippen LogP contribution in [0.25, 0.3) is 0 Å². The zero-order chi connectivity index (χ0) is 15.5. The number of amides is 1. The van der Waals surface area contributed by atoms with Crippen molar-refractivity contribution in [2.45, 2.75) is 31.5 Å². The molecule has 6 heteroatoms. The van der Waals surface area contributed by atoms with Crippen LogP contribution in [0.15, 0.2) is 30.3 Å². The van der Waals surface area contributed by atoms with Crippen molar-refractivity contribution in [2.24, 2.45) is 11.7 Å². The lowest BCUT2D eigenvalue weighted by molar-refractivity contribution is -0.186. The highest BCUT2D eigenvalue weighted by Crippen LogP contribution is 2.34. The van der Waals surface area contributed by atoms with E-state index < -0.39 is 18.1 Å². The van der Waals surface area contributed by atoms with Crippen molar-refractivity contribution in [2.75, 3.05) is 13.1 Å². The van der Waals surface area contributed by atoms with E-state index in [4.69, 9.17) is 5.73 Å². The zero-order valence-electron chi connectivity index (χ0n) is 11.6. The van der Waals surface area contributed by atoms with Gasteiger partial charge in [0, 0.05) is 25.6 Å². The summed E-state index contributed by atoms with van der Waals surface area (Å²) in [7, 11) is 0. The Balaban J connectivity index is 1.85. The fourth-order valence-corrected chi connectivity index (χ4v) is 2.59. The van der Waals surface area contributed by atoms with Crippen LogP contribution in [0.4, 0.5) is 13.2 Å². The second kappa shape index (κ2) is 6.47. The quantitative estimate of drug-likeness (QED) is 0.933. The second-order valence-electron chi connectivity index (χ2n) is 5.42. The molecule has 0 aliphatic carbocycles. The summed E-state index contributed by atoms with van der Waals surface area (Å²) >= 11 is 0. The van der Waals surface area contributed by atoms with Crippen molar-refractivity contribution < 1.29 is 18.0 Å². The van der Waals surface area contributed by atoms with Crippen LogP contribution >= 0.6 is 0 Å². The minimum absolute atomic E-state index is 0.0180. The number of alkyl halides is 3.